The summed E-state index contributed by atoms with van der Waals surface area (Å²) in [4.78, 5) is 8.57. The molecular weight excluding hydrogens is 264 g/mol. The fourth-order valence-corrected chi connectivity index (χ4v) is 2.54. The minimum absolute atomic E-state index is 0.765. The van der Waals surface area contributed by atoms with Gasteiger partial charge in [-0.25, -0.2) is 9.97 Å². The van der Waals surface area contributed by atoms with Crippen molar-refractivity contribution in [2.75, 3.05) is 5.32 Å². The first-order valence-electron chi connectivity index (χ1n) is 6.67. The number of hydrogen-bond acceptors (Lipinski definition) is 4. The molecule has 0 aliphatic heterocycles. The SMILES string of the molecule is Cn1ccc2ccc(Nc3ncnc4c3cnn4C)cc21. The molecule has 0 unspecified atom stereocenters. The summed E-state index contributed by atoms with van der Waals surface area (Å²) in [5.74, 6) is 0.765. The largest absolute Gasteiger partial charge is 0.350 e. The number of fused-ring (bicyclic) bond motifs is 2. The first kappa shape index (κ1) is 11.9. The minimum atomic E-state index is 0.765. The summed E-state index contributed by atoms with van der Waals surface area (Å²) in [6.45, 7) is 0. The highest BCUT2D eigenvalue weighted by atomic mass is 15.3. The third-order valence-electron chi connectivity index (χ3n) is 3.68. The molecule has 6 nitrogen and oxygen atoms in total. The van der Waals surface area contributed by atoms with E-state index in [1.165, 1.54) is 10.9 Å². The molecule has 0 aliphatic rings. The molecule has 104 valence electrons. The molecule has 0 atom stereocenters. The molecular formula is C15H14N6. The van der Waals surface area contributed by atoms with Crippen LogP contribution in [0.2, 0.25) is 0 Å². The van der Waals surface area contributed by atoms with Gasteiger partial charge in [0.2, 0.25) is 0 Å². The lowest BCUT2D eigenvalue weighted by molar-refractivity contribution is 0.785. The van der Waals surface area contributed by atoms with Gasteiger partial charge in [-0.15, -0.1) is 0 Å². The Morgan fingerprint density at radius 3 is 2.90 bits per heavy atom. The van der Waals surface area contributed by atoms with Crippen molar-refractivity contribution in [2.24, 2.45) is 14.1 Å². The van der Waals surface area contributed by atoms with Gasteiger partial charge in [0.15, 0.2) is 5.65 Å². The predicted molar refractivity (Wildman–Crippen MR) is 82.5 cm³/mol. The van der Waals surface area contributed by atoms with E-state index in [4.69, 9.17) is 0 Å². The lowest BCUT2D eigenvalue weighted by Crippen LogP contribution is -1.97. The van der Waals surface area contributed by atoms with Crippen LogP contribution in [0.5, 0.6) is 0 Å². The topological polar surface area (TPSA) is 60.6 Å². The van der Waals surface area contributed by atoms with Gasteiger partial charge < -0.3 is 9.88 Å². The molecule has 0 fully saturated rings. The Bertz CT molecular complexity index is 949. The lowest BCUT2D eigenvalue weighted by atomic mass is 10.2. The molecule has 0 amide bonds. The maximum Gasteiger partial charge on any atom is 0.163 e. The van der Waals surface area contributed by atoms with Gasteiger partial charge in [-0.05, 0) is 23.6 Å². The van der Waals surface area contributed by atoms with Crippen LogP contribution >= 0.6 is 0 Å². The molecule has 21 heavy (non-hydrogen) atoms. The lowest BCUT2D eigenvalue weighted by Gasteiger charge is -2.07. The van der Waals surface area contributed by atoms with E-state index in [0.717, 1.165) is 22.5 Å². The highest BCUT2D eigenvalue weighted by Gasteiger charge is 2.08. The first-order valence-corrected chi connectivity index (χ1v) is 6.67. The summed E-state index contributed by atoms with van der Waals surface area (Å²) in [6, 6.07) is 8.36. The van der Waals surface area contributed by atoms with Crippen molar-refractivity contribution in [1.82, 2.24) is 24.3 Å². The summed E-state index contributed by atoms with van der Waals surface area (Å²) in [6.07, 6.45) is 5.38. The second-order valence-corrected chi connectivity index (χ2v) is 5.05. The van der Waals surface area contributed by atoms with E-state index in [9.17, 15) is 0 Å². The van der Waals surface area contributed by atoms with E-state index in [1.807, 2.05) is 20.2 Å². The molecule has 0 aliphatic carbocycles. The number of nitrogens with one attached hydrogen (secondary N) is 1. The van der Waals surface area contributed by atoms with Crippen LogP contribution in [0, 0.1) is 0 Å². The summed E-state index contributed by atoms with van der Waals surface area (Å²) >= 11 is 0. The summed E-state index contributed by atoms with van der Waals surface area (Å²) in [5.41, 5.74) is 2.98. The van der Waals surface area contributed by atoms with Crippen LogP contribution in [0.3, 0.4) is 0 Å². The molecule has 0 spiro atoms. The molecule has 0 bridgehead atoms. The summed E-state index contributed by atoms with van der Waals surface area (Å²) < 4.78 is 3.84. The van der Waals surface area contributed by atoms with E-state index in [1.54, 1.807) is 17.2 Å². The predicted octanol–water partition coefficient (Wildman–Crippen LogP) is 2.60. The van der Waals surface area contributed by atoms with Crippen molar-refractivity contribution < 1.29 is 0 Å². The Labute approximate surface area is 121 Å². The van der Waals surface area contributed by atoms with Crippen LogP contribution in [-0.2, 0) is 14.1 Å². The smallest absolute Gasteiger partial charge is 0.163 e. The number of aromatic nitrogens is 5. The number of nitrogens with zero attached hydrogens (tertiary/aromatic N) is 5. The zero-order chi connectivity index (χ0) is 14.4. The molecule has 1 N–H and O–H groups in total. The number of benzene rings is 1. The molecule has 1 aromatic carbocycles. The second kappa shape index (κ2) is 4.31. The van der Waals surface area contributed by atoms with E-state index < -0.39 is 0 Å². The van der Waals surface area contributed by atoms with Gasteiger partial charge in [0.1, 0.15) is 12.1 Å². The Morgan fingerprint density at radius 2 is 2.00 bits per heavy atom. The summed E-state index contributed by atoms with van der Waals surface area (Å²) in [7, 11) is 3.91. The third-order valence-corrected chi connectivity index (χ3v) is 3.68. The average Bonchev–Trinajstić information content (AvgIpc) is 3.05. The molecule has 3 heterocycles. The van der Waals surface area contributed by atoms with Gasteiger partial charge in [-0.1, -0.05) is 6.07 Å². The normalized spacial score (nSPS) is 11.3. The van der Waals surface area contributed by atoms with Crippen LogP contribution in [0.15, 0.2) is 43.0 Å². The number of aryl methyl sites for hydroxylation is 2. The molecule has 4 rings (SSSR count). The fraction of sp³-hybridized carbons (Fsp3) is 0.133. The van der Waals surface area contributed by atoms with Crippen molar-refractivity contribution >= 4 is 33.4 Å². The monoisotopic (exact) mass is 278 g/mol. The first-order chi connectivity index (χ1) is 10.2. The van der Waals surface area contributed by atoms with Crippen LogP contribution in [0.25, 0.3) is 21.9 Å². The van der Waals surface area contributed by atoms with Crippen molar-refractivity contribution in [3.8, 4) is 0 Å². The molecule has 4 aromatic rings. The standard InChI is InChI=1S/C15H14N6/c1-20-6-5-10-3-4-11(7-13(10)20)19-14-12-8-18-21(2)15(12)17-9-16-14/h3-9H,1-2H3,(H,16,17,19). The van der Waals surface area contributed by atoms with Gasteiger partial charge in [0.25, 0.3) is 0 Å². The second-order valence-electron chi connectivity index (χ2n) is 5.05. The zero-order valence-corrected chi connectivity index (χ0v) is 11.8. The summed E-state index contributed by atoms with van der Waals surface area (Å²) in [5, 5.41) is 9.70. The van der Waals surface area contributed by atoms with Gasteiger partial charge in [-0.3, -0.25) is 4.68 Å². The highest BCUT2D eigenvalue weighted by molar-refractivity contribution is 5.90. The molecule has 0 saturated carbocycles. The Kier molecular flexibility index (Phi) is 2.44. The van der Waals surface area contributed by atoms with Crippen molar-refractivity contribution in [3.05, 3.63) is 43.0 Å². The Hall–Kier alpha value is -2.89. The number of hydrogen-bond donors (Lipinski definition) is 1. The van der Waals surface area contributed by atoms with Crippen molar-refractivity contribution in [1.29, 1.82) is 0 Å². The van der Waals surface area contributed by atoms with Crippen LogP contribution in [-0.4, -0.2) is 24.3 Å². The van der Waals surface area contributed by atoms with Crippen LogP contribution < -0.4 is 5.32 Å². The third kappa shape index (κ3) is 1.84. The number of anilines is 2. The molecule has 6 heteroatoms. The van der Waals surface area contributed by atoms with Gasteiger partial charge in [0, 0.05) is 31.5 Å². The number of rotatable bonds is 2. The van der Waals surface area contributed by atoms with E-state index >= 15 is 0 Å². The Morgan fingerprint density at radius 1 is 1.10 bits per heavy atom. The quantitative estimate of drug-likeness (QED) is 0.612. The van der Waals surface area contributed by atoms with Crippen molar-refractivity contribution in [2.45, 2.75) is 0 Å². The maximum atomic E-state index is 4.32. The van der Waals surface area contributed by atoms with E-state index in [-0.39, 0.29) is 0 Å². The van der Waals surface area contributed by atoms with Gasteiger partial charge in [0.05, 0.1) is 11.6 Å². The highest BCUT2D eigenvalue weighted by Crippen LogP contribution is 2.25. The van der Waals surface area contributed by atoms with Gasteiger partial charge >= 0.3 is 0 Å². The minimum Gasteiger partial charge on any atom is -0.350 e. The molecule has 0 radical (unpaired) electrons. The molecule has 0 saturated heterocycles. The zero-order valence-electron chi connectivity index (χ0n) is 11.8. The maximum absolute atomic E-state index is 4.32. The van der Waals surface area contributed by atoms with E-state index in [2.05, 4.69) is 49.3 Å². The van der Waals surface area contributed by atoms with E-state index in [0.29, 0.717) is 0 Å². The van der Waals surface area contributed by atoms with Crippen LogP contribution in [0.1, 0.15) is 0 Å². The van der Waals surface area contributed by atoms with Crippen LogP contribution in [0.4, 0.5) is 11.5 Å². The molecule has 3 aromatic heterocycles. The van der Waals surface area contributed by atoms with Gasteiger partial charge in [-0.2, -0.15) is 5.10 Å². The average molecular weight is 278 g/mol. The van der Waals surface area contributed by atoms with Crippen molar-refractivity contribution in [3.63, 3.8) is 0 Å². The fourth-order valence-electron chi connectivity index (χ4n) is 2.54. The Balaban J connectivity index is 1.80.